The van der Waals surface area contributed by atoms with Crippen LogP contribution in [0.25, 0.3) is 0 Å². The fourth-order valence-electron chi connectivity index (χ4n) is 3.08. The highest BCUT2D eigenvalue weighted by molar-refractivity contribution is 6.75. The second kappa shape index (κ2) is 11.3. The summed E-state index contributed by atoms with van der Waals surface area (Å²) in [7, 11) is -6.18. The molecule has 1 fully saturated rings. The summed E-state index contributed by atoms with van der Waals surface area (Å²) >= 11 is 0. The average molecular weight is 545 g/mol. The molecule has 4 atom stereocenters. The van der Waals surface area contributed by atoms with Crippen molar-refractivity contribution in [1.29, 1.82) is 0 Å². The first-order valence-electron chi connectivity index (χ1n) is 13.1. The zero-order chi connectivity index (χ0) is 27.7. The molecule has 1 aliphatic heterocycles. The first-order chi connectivity index (χ1) is 15.5. The predicted molar refractivity (Wildman–Crippen MR) is 155 cm³/mol. The molecule has 0 aromatic carbocycles. The molecule has 1 saturated heterocycles. The van der Waals surface area contributed by atoms with Crippen LogP contribution in [0.15, 0.2) is 18.6 Å². The average Bonchev–Trinajstić information content (AvgIpc) is 2.63. The van der Waals surface area contributed by atoms with Crippen LogP contribution in [0.5, 0.6) is 0 Å². The normalized spacial score (nSPS) is 25.2. The Morgan fingerprint density at radius 2 is 1.26 bits per heavy atom. The van der Waals surface area contributed by atoms with E-state index in [0.717, 1.165) is 0 Å². The van der Waals surface area contributed by atoms with Crippen molar-refractivity contribution in [1.82, 2.24) is 0 Å². The molecular formula is C27H56O5Si3. The maximum atomic E-state index is 7.08. The topological polar surface area (TPSA) is 46.2 Å². The Kier molecular flexibility index (Phi) is 10.6. The van der Waals surface area contributed by atoms with Crippen LogP contribution in [0.1, 0.15) is 68.7 Å². The first-order valence-corrected chi connectivity index (χ1v) is 21.8. The van der Waals surface area contributed by atoms with Crippen LogP contribution in [-0.4, -0.2) is 56.2 Å². The molecule has 0 aliphatic carbocycles. The maximum absolute atomic E-state index is 7.08. The van der Waals surface area contributed by atoms with Crippen molar-refractivity contribution in [2.75, 3.05) is 6.61 Å². The summed E-state index contributed by atoms with van der Waals surface area (Å²) in [6.45, 7) is 38.3. The van der Waals surface area contributed by atoms with Crippen molar-refractivity contribution < 1.29 is 22.8 Å². The van der Waals surface area contributed by atoms with E-state index < -0.39 is 31.2 Å². The Morgan fingerprint density at radius 3 is 1.69 bits per heavy atom. The van der Waals surface area contributed by atoms with Gasteiger partial charge in [0.15, 0.2) is 25.0 Å². The number of rotatable bonds is 9. The summed E-state index contributed by atoms with van der Waals surface area (Å²) in [4.78, 5) is 0. The lowest BCUT2D eigenvalue weighted by Gasteiger charge is -2.50. The first kappa shape index (κ1) is 32.8. The molecule has 0 spiro atoms. The standard InChI is InChI=1S/C27H56O5Si3/c1-17-18-28-23-19-21(31-34(13,14)26(5,6)7)24(32-35(15,16)27(8,9)10)22(30-23)20-29-33(11,12)25(2,3)4/h18,21-24H,1,19-20H2,2-16H3/t21-,22-,23-,24+/m1/s1. The monoisotopic (exact) mass is 544 g/mol. The molecule has 0 amide bonds. The molecule has 0 saturated carbocycles. The van der Waals surface area contributed by atoms with Crippen LogP contribution in [0.4, 0.5) is 0 Å². The SMILES string of the molecule is C=C=CO[C@H]1C[C@@H](O[Si](C)(C)C(C)(C)C)[C@H](O[Si](C)(C)C(C)(C)C)[C@@H](CO[Si](C)(C)C(C)(C)C)O1. The Balaban J connectivity index is 3.45. The minimum absolute atomic E-state index is 0.0677. The van der Waals surface area contributed by atoms with Crippen LogP contribution in [-0.2, 0) is 22.8 Å². The van der Waals surface area contributed by atoms with Gasteiger partial charge in [-0.25, -0.2) is 0 Å². The summed E-state index contributed by atoms with van der Waals surface area (Å²) < 4.78 is 33.2. The molecule has 0 bridgehead atoms. The van der Waals surface area contributed by atoms with Gasteiger partial charge in [-0.3, -0.25) is 0 Å². The summed E-state index contributed by atoms with van der Waals surface area (Å²) in [5.41, 5.74) is 2.70. The van der Waals surface area contributed by atoms with Crippen molar-refractivity contribution in [2.24, 2.45) is 0 Å². The van der Waals surface area contributed by atoms with Crippen molar-refractivity contribution in [3.63, 3.8) is 0 Å². The van der Waals surface area contributed by atoms with Crippen molar-refractivity contribution >= 4 is 25.0 Å². The van der Waals surface area contributed by atoms with Crippen LogP contribution in [0.3, 0.4) is 0 Å². The summed E-state index contributed by atoms with van der Waals surface area (Å²) in [5.74, 6) is 0. The van der Waals surface area contributed by atoms with Gasteiger partial charge in [0, 0.05) is 6.42 Å². The van der Waals surface area contributed by atoms with E-state index in [1.165, 1.54) is 6.26 Å². The lowest BCUT2D eigenvalue weighted by molar-refractivity contribution is -0.234. The van der Waals surface area contributed by atoms with Gasteiger partial charge in [-0.2, -0.15) is 0 Å². The lowest BCUT2D eigenvalue weighted by atomic mass is 10.0. The maximum Gasteiger partial charge on any atom is 0.202 e. The molecule has 0 N–H and O–H groups in total. The highest BCUT2D eigenvalue weighted by Gasteiger charge is 2.51. The van der Waals surface area contributed by atoms with Gasteiger partial charge in [-0.15, -0.1) is 0 Å². The second-order valence-electron chi connectivity index (χ2n) is 14.6. The van der Waals surface area contributed by atoms with E-state index in [9.17, 15) is 0 Å². The van der Waals surface area contributed by atoms with E-state index >= 15 is 0 Å². The van der Waals surface area contributed by atoms with Crippen LogP contribution in [0.2, 0.25) is 54.4 Å². The van der Waals surface area contributed by atoms with Crippen LogP contribution >= 0.6 is 0 Å². The summed E-state index contributed by atoms with van der Waals surface area (Å²) in [5, 5.41) is 0.256. The van der Waals surface area contributed by atoms with E-state index in [2.05, 4.69) is 114 Å². The number of hydrogen-bond acceptors (Lipinski definition) is 5. The van der Waals surface area contributed by atoms with E-state index in [1.807, 2.05) is 0 Å². The molecule has 1 heterocycles. The van der Waals surface area contributed by atoms with Crippen molar-refractivity contribution in [3.8, 4) is 0 Å². The van der Waals surface area contributed by atoms with Gasteiger partial charge in [-0.05, 0) is 54.4 Å². The van der Waals surface area contributed by atoms with Gasteiger partial charge in [0.25, 0.3) is 0 Å². The third-order valence-corrected chi connectivity index (χ3v) is 22.2. The summed E-state index contributed by atoms with van der Waals surface area (Å²) in [6.07, 6.45) is 0.976. The molecule has 0 unspecified atom stereocenters. The molecule has 0 aromatic rings. The Labute approximate surface area is 220 Å². The molecule has 5 nitrogen and oxygen atoms in total. The quantitative estimate of drug-likeness (QED) is 0.166. The molecule has 206 valence electrons. The fraction of sp³-hybridized carbons (Fsp3) is 0.889. The van der Waals surface area contributed by atoms with Gasteiger partial charge in [0.2, 0.25) is 6.29 Å². The molecule has 0 radical (unpaired) electrons. The molecule has 1 aliphatic rings. The van der Waals surface area contributed by atoms with Gasteiger partial charge in [0.1, 0.15) is 12.4 Å². The minimum atomic E-state index is -2.12. The van der Waals surface area contributed by atoms with E-state index in [-0.39, 0.29) is 33.4 Å². The number of hydrogen-bond donors (Lipinski definition) is 0. The molecule has 35 heavy (non-hydrogen) atoms. The fourth-order valence-corrected chi connectivity index (χ4v) is 6.78. The molecule has 8 heteroatoms. The Hall–Kier alpha value is -0.189. The highest BCUT2D eigenvalue weighted by atomic mass is 28.4. The zero-order valence-electron chi connectivity index (χ0n) is 25.5. The van der Waals surface area contributed by atoms with Gasteiger partial charge < -0.3 is 22.8 Å². The molecular weight excluding hydrogens is 489 g/mol. The molecule has 1 rings (SSSR count). The van der Waals surface area contributed by atoms with Crippen molar-refractivity contribution in [3.05, 3.63) is 18.6 Å². The predicted octanol–water partition coefficient (Wildman–Crippen LogP) is 8.22. The van der Waals surface area contributed by atoms with E-state index in [4.69, 9.17) is 22.8 Å². The van der Waals surface area contributed by atoms with Crippen LogP contribution in [0, 0.1) is 0 Å². The summed E-state index contributed by atoms with van der Waals surface area (Å²) in [6, 6.07) is 0. The third-order valence-electron chi connectivity index (χ3n) is 8.69. The lowest BCUT2D eigenvalue weighted by Crippen LogP contribution is -2.61. The van der Waals surface area contributed by atoms with Crippen molar-refractivity contribution in [2.45, 2.75) is 148 Å². The third kappa shape index (κ3) is 8.67. The molecule has 0 aromatic heterocycles. The number of ether oxygens (including phenoxy) is 2. The van der Waals surface area contributed by atoms with Crippen LogP contribution < -0.4 is 0 Å². The van der Waals surface area contributed by atoms with Gasteiger partial charge in [-0.1, -0.05) is 74.6 Å². The largest absolute Gasteiger partial charge is 0.464 e. The van der Waals surface area contributed by atoms with E-state index in [0.29, 0.717) is 13.0 Å². The minimum Gasteiger partial charge on any atom is -0.464 e. The van der Waals surface area contributed by atoms with E-state index in [1.54, 1.807) is 0 Å². The van der Waals surface area contributed by atoms with Gasteiger partial charge in [0.05, 0.1) is 18.8 Å². The second-order valence-corrected chi connectivity index (χ2v) is 29.0. The zero-order valence-corrected chi connectivity index (χ0v) is 28.5. The van der Waals surface area contributed by atoms with Gasteiger partial charge >= 0.3 is 0 Å². The Morgan fingerprint density at radius 1 is 0.800 bits per heavy atom. The highest BCUT2D eigenvalue weighted by Crippen LogP contribution is 2.44. The smallest absolute Gasteiger partial charge is 0.202 e. The Bertz CT molecular complexity index is 737.